The average molecular weight is 344 g/mol. The van der Waals surface area contributed by atoms with Crippen molar-refractivity contribution < 1.29 is 23.9 Å². The predicted molar refractivity (Wildman–Crippen MR) is 87.8 cm³/mol. The fourth-order valence-corrected chi connectivity index (χ4v) is 3.17. The number of benzene rings is 1. The Kier molecular flexibility index (Phi) is 4.83. The van der Waals surface area contributed by atoms with Crippen LogP contribution in [0.5, 0.6) is 0 Å². The Bertz CT molecular complexity index is 689. The molecular weight excluding hydrogens is 324 g/mol. The van der Waals surface area contributed by atoms with Crippen LogP contribution >= 0.6 is 0 Å². The van der Waals surface area contributed by atoms with Gasteiger partial charge in [0.05, 0.1) is 11.1 Å². The first-order valence-corrected chi connectivity index (χ1v) is 8.42. The van der Waals surface area contributed by atoms with Gasteiger partial charge in [-0.05, 0) is 38.3 Å². The molecule has 0 aliphatic carbocycles. The molecule has 7 nitrogen and oxygen atoms in total. The summed E-state index contributed by atoms with van der Waals surface area (Å²) in [5.74, 6) is -2.05. The molecule has 1 aromatic rings. The number of nitrogens with zero attached hydrogens (tertiary/aromatic N) is 2. The third-order valence-electron chi connectivity index (χ3n) is 4.49. The van der Waals surface area contributed by atoms with Gasteiger partial charge < -0.3 is 9.64 Å². The number of carbonyl (C=O) groups excluding carboxylic acids is 4. The molecular formula is C18H20N2O5. The van der Waals surface area contributed by atoms with E-state index in [9.17, 15) is 19.2 Å². The van der Waals surface area contributed by atoms with Gasteiger partial charge in [-0.1, -0.05) is 12.1 Å². The highest BCUT2D eigenvalue weighted by Gasteiger charge is 2.37. The first-order valence-electron chi connectivity index (χ1n) is 8.42. The zero-order valence-electron chi connectivity index (χ0n) is 14.1. The average Bonchev–Trinajstić information content (AvgIpc) is 2.87. The summed E-state index contributed by atoms with van der Waals surface area (Å²) < 4.78 is 5.15. The van der Waals surface area contributed by atoms with Gasteiger partial charge in [-0.25, -0.2) is 0 Å². The van der Waals surface area contributed by atoms with Gasteiger partial charge in [0, 0.05) is 13.1 Å². The van der Waals surface area contributed by atoms with E-state index in [1.165, 1.54) is 6.92 Å². The lowest BCUT2D eigenvalue weighted by Gasteiger charge is -2.29. The van der Waals surface area contributed by atoms with Crippen LogP contribution in [0.25, 0.3) is 0 Å². The Morgan fingerprint density at radius 3 is 2.16 bits per heavy atom. The number of piperidine rings is 1. The minimum absolute atomic E-state index is 0.240. The number of carbonyl (C=O) groups is 4. The van der Waals surface area contributed by atoms with E-state index in [0.29, 0.717) is 13.1 Å². The van der Waals surface area contributed by atoms with Crippen LogP contribution in [0.15, 0.2) is 24.3 Å². The molecule has 0 bridgehead atoms. The van der Waals surface area contributed by atoms with E-state index < -0.39 is 30.4 Å². The number of amides is 3. The van der Waals surface area contributed by atoms with Gasteiger partial charge in [0.25, 0.3) is 17.7 Å². The molecule has 3 amide bonds. The summed E-state index contributed by atoms with van der Waals surface area (Å²) in [7, 11) is 0. The van der Waals surface area contributed by atoms with Crippen LogP contribution in [0.4, 0.5) is 0 Å². The fourth-order valence-electron chi connectivity index (χ4n) is 3.17. The Balaban J connectivity index is 1.59. The summed E-state index contributed by atoms with van der Waals surface area (Å²) in [5, 5.41) is 0. The molecule has 1 saturated heterocycles. The first-order chi connectivity index (χ1) is 12.0. The van der Waals surface area contributed by atoms with Gasteiger partial charge in [0.1, 0.15) is 6.54 Å². The van der Waals surface area contributed by atoms with Crippen molar-refractivity contribution in [3.8, 4) is 0 Å². The number of likely N-dealkylation sites (tertiary alicyclic amines) is 1. The van der Waals surface area contributed by atoms with E-state index in [4.69, 9.17) is 4.74 Å². The third kappa shape index (κ3) is 3.40. The predicted octanol–water partition coefficient (Wildman–Crippen LogP) is 1.23. The van der Waals surface area contributed by atoms with E-state index in [0.717, 1.165) is 24.2 Å². The monoisotopic (exact) mass is 344 g/mol. The number of hydrogen-bond donors (Lipinski definition) is 0. The molecule has 0 radical (unpaired) electrons. The topological polar surface area (TPSA) is 84.0 Å². The molecule has 0 spiro atoms. The summed E-state index contributed by atoms with van der Waals surface area (Å²) in [4.78, 5) is 51.4. The van der Waals surface area contributed by atoms with Gasteiger partial charge in [0.2, 0.25) is 0 Å². The van der Waals surface area contributed by atoms with E-state index in [-0.39, 0.29) is 17.0 Å². The van der Waals surface area contributed by atoms with Crippen molar-refractivity contribution in [3.63, 3.8) is 0 Å². The minimum Gasteiger partial charge on any atom is -0.451 e. The highest BCUT2D eigenvalue weighted by Crippen LogP contribution is 2.22. The van der Waals surface area contributed by atoms with Crippen molar-refractivity contribution in [2.24, 2.45) is 0 Å². The minimum atomic E-state index is -0.930. The van der Waals surface area contributed by atoms with Crippen LogP contribution < -0.4 is 0 Å². The molecule has 0 unspecified atom stereocenters. The molecule has 0 saturated carbocycles. The molecule has 1 aromatic carbocycles. The Morgan fingerprint density at radius 2 is 1.60 bits per heavy atom. The van der Waals surface area contributed by atoms with E-state index in [1.54, 1.807) is 29.2 Å². The van der Waals surface area contributed by atoms with Crippen LogP contribution in [0.1, 0.15) is 46.9 Å². The molecule has 132 valence electrons. The standard InChI is InChI=1S/C18H20N2O5/c1-12(16(22)19-9-5-2-6-10-19)25-15(21)11-20-17(23)13-7-3-4-8-14(13)18(20)24/h3-4,7-8,12H,2,5-6,9-11H2,1H3/t12-/m1/s1. The Hall–Kier alpha value is -2.70. The van der Waals surface area contributed by atoms with Gasteiger partial charge in [-0.3, -0.25) is 24.1 Å². The van der Waals surface area contributed by atoms with Crippen LogP contribution in [-0.4, -0.2) is 59.2 Å². The molecule has 2 aliphatic heterocycles. The summed E-state index contributed by atoms with van der Waals surface area (Å²) in [5.41, 5.74) is 0.551. The van der Waals surface area contributed by atoms with Crippen molar-refractivity contribution in [2.45, 2.75) is 32.3 Å². The van der Waals surface area contributed by atoms with E-state index >= 15 is 0 Å². The van der Waals surface area contributed by atoms with Gasteiger partial charge in [-0.2, -0.15) is 0 Å². The summed E-state index contributed by atoms with van der Waals surface area (Å²) in [6.45, 7) is 2.35. The molecule has 2 aliphatic rings. The lowest BCUT2D eigenvalue weighted by molar-refractivity contribution is -0.159. The quantitative estimate of drug-likeness (QED) is 0.606. The molecule has 1 fully saturated rings. The van der Waals surface area contributed by atoms with Crippen molar-refractivity contribution in [1.29, 1.82) is 0 Å². The maximum Gasteiger partial charge on any atom is 0.326 e. The zero-order chi connectivity index (χ0) is 18.0. The molecule has 2 heterocycles. The molecule has 1 atom stereocenters. The molecule has 0 aromatic heterocycles. The number of imide groups is 1. The van der Waals surface area contributed by atoms with Crippen molar-refractivity contribution in [1.82, 2.24) is 9.80 Å². The normalized spacial score (nSPS) is 18.1. The Labute approximate surface area is 145 Å². The molecule has 25 heavy (non-hydrogen) atoms. The lowest BCUT2D eigenvalue weighted by Crippen LogP contribution is -2.44. The third-order valence-corrected chi connectivity index (χ3v) is 4.49. The fraction of sp³-hybridized carbons (Fsp3) is 0.444. The second-order valence-corrected chi connectivity index (χ2v) is 6.26. The summed E-state index contributed by atoms with van der Waals surface area (Å²) >= 11 is 0. The van der Waals surface area contributed by atoms with Crippen molar-refractivity contribution in [2.75, 3.05) is 19.6 Å². The van der Waals surface area contributed by atoms with Crippen LogP contribution in [0.3, 0.4) is 0 Å². The van der Waals surface area contributed by atoms with Gasteiger partial charge in [-0.15, -0.1) is 0 Å². The first kappa shape index (κ1) is 17.1. The largest absolute Gasteiger partial charge is 0.451 e. The Morgan fingerprint density at radius 1 is 1.04 bits per heavy atom. The summed E-state index contributed by atoms with van der Waals surface area (Å²) in [6.07, 6.45) is 2.06. The highest BCUT2D eigenvalue weighted by atomic mass is 16.5. The van der Waals surface area contributed by atoms with Crippen LogP contribution in [0.2, 0.25) is 0 Å². The SMILES string of the molecule is C[C@@H](OC(=O)CN1C(=O)c2ccccc2C1=O)C(=O)N1CCCCC1. The second kappa shape index (κ2) is 7.04. The summed E-state index contributed by atoms with van der Waals surface area (Å²) in [6, 6.07) is 6.41. The maximum absolute atomic E-state index is 12.3. The molecule has 3 rings (SSSR count). The van der Waals surface area contributed by atoms with Gasteiger partial charge in [0.15, 0.2) is 6.10 Å². The van der Waals surface area contributed by atoms with Crippen molar-refractivity contribution in [3.05, 3.63) is 35.4 Å². The number of esters is 1. The van der Waals surface area contributed by atoms with E-state index in [2.05, 4.69) is 0 Å². The zero-order valence-corrected chi connectivity index (χ0v) is 14.1. The number of fused-ring (bicyclic) bond motifs is 1. The number of hydrogen-bond acceptors (Lipinski definition) is 5. The second-order valence-electron chi connectivity index (χ2n) is 6.26. The highest BCUT2D eigenvalue weighted by molar-refractivity contribution is 6.22. The van der Waals surface area contributed by atoms with Gasteiger partial charge >= 0.3 is 5.97 Å². The van der Waals surface area contributed by atoms with Crippen LogP contribution in [0, 0.1) is 0 Å². The maximum atomic E-state index is 12.3. The van der Waals surface area contributed by atoms with Crippen molar-refractivity contribution >= 4 is 23.7 Å². The molecule has 0 N–H and O–H groups in total. The van der Waals surface area contributed by atoms with E-state index in [1.807, 2.05) is 0 Å². The molecule has 7 heteroatoms. The van der Waals surface area contributed by atoms with Crippen LogP contribution in [-0.2, 0) is 14.3 Å². The number of ether oxygens (including phenoxy) is 1. The number of rotatable bonds is 4. The smallest absolute Gasteiger partial charge is 0.326 e. The lowest BCUT2D eigenvalue weighted by atomic mass is 10.1.